The van der Waals surface area contributed by atoms with Crippen LogP contribution >= 0.6 is 0 Å². The van der Waals surface area contributed by atoms with Gasteiger partial charge in [-0.25, -0.2) is 4.79 Å². The van der Waals surface area contributed by atoms with E-state index in [0.717, 1.165) is 43.8 Å². The van der Waals surface area contributed by atoms with Gasteiger partial charge in [0.25, 0.3) is 0 Å². The molecule has 1 saturated heterocycles. The second kappa shape index (κ2) is 6.38. The Kier molecular flexibility index (Phi) is 4.56. The summed E-state index contributed by atoms with van der Waals surface area (Å²) in [4.78, 5) is 17.9. The van der Waals surface area contributed by atoms with E-state index in [9.17, 15) is 4.79 Å². The normalized spacial score (nSPS) is 16.6. The fourth-order valence-corrected chi connectivity index (χ4v) is 2.18. The van der Waals surface area contributed by atoms with Gasteiger partial charge in [0.1, 0.15) is 0 Å². The number of nitrogens with one attached hydrogen (secondary N) is 1. The molecule has 2 rings (SSSR count). The molecule has 1 aliphatic rings. The van der Waals surface area contributed by atoms with Crippen LogP contribution in [0, 0.1) is 5.92 Å². The molecule has 98 valence electrons. The van der Waals surface area contributed by atoms with Crippen LogP contribution in [0.3, 0.4) is 0 Å². The maximum absolute atomic E-state index is 11.9. The second-order valence-electron chi connectivity index (χ2n) is 5.01. The largest absolute Gasteiger partial charge is 0.338 e. The van der Waals surface area contributed by atoms with Crippen molar-refractivity contribution in [1.82, 2.24) is 15.2 Å². The predicted molar refractivity (Wildman–Crippen MR) is 71.3 cm³/mol. The quantitative estimate of drug-likeness (QED) is 0.888. The lowest BCUT2D eigenvalue weighted by atomic mass is 10.00. The van der Waals surface area contributed by atoms with E-state index >= 15 is 0 Å². The van der Waals surface area contributed by atoms with E-state index in [1.807, 2.05) is 23.2 Å². The summed E-state index contributed by atoms with van der Waals surface area (Å²) >= 11 is 0. The number of carbonyl (C=O) groups excluding carboxylic acids is 1. The molecular weight excluding hydrogens is 226 g/mol. The predicted octanol–water partition coefficient (Wildman–Crippen LogP) is 2.07. The van der Waals surface area contributed by atoms with Crippen LogP contribution < -0.4 is 5.32 Å². The summed E-state index contributed by atoms with van der Waals surface area (Å²) in [5.74, 6) is 0.754. The molecule has 1 aliphatic heterocycles. The molecular formula is C14H21N3O. The molecule has 2 heterocycles. The molecule has 1 aromatic heterocycles. The fraction of sp³-hybridized carbons (Fsp3) is 0.571. The summed E-state index contributed by atoms with van der Waals surface area (Å²) in [6, 6.07) is 4.02. The molecule has 0 aliphatic carbocycles. The van der Waals surface area contributed by atoms with Crippen molar-refractivity contribution >= 4 is 6.03 Å². The molecule has 4 nitrogen and oxygen atoms in total. The van der Waals surface area contributed by atoms with Crippen molar-refractivity contribution in [1.29, 1.82) is 0 Å². The van der Waals surface area contributed by atoms with Gasteiger partial charge in [0.2, 0.25) is 0 Å². The van der Waals surface area contributed by atoms with Gasteiger partial charge in [-0.2, -0.15) is 0 Å². The Morgan fingerprint density at radius 1 is 1.50 bits per heavy atom. The number of hydrogen-bond donors (Lipinski definition) is 1. The van der Waals surface area contributed by atoms with Crippen molar-refractivity contribution in [3.05, 3.63) is 30.1 Å². The van der Waals surface area contributed by atoms with Crippen molar-refractivity contribution in [2.24, 2.45) is 5.92 Å². The molecule has 4 heteroatoms. The summed E-state index contributed by atoms with van der Waals surface area (Å²) < 4.78 is 0. The lowest BCUT2D eigenvalue weighted by Gasteiger charge is -2.30. The summed E-state index contributed by atoms with van der Waals surface area (Å²) in [7, 11) is 0. The number of piperidine rings is 1. The molecule has 1 fully saturated rings. The summed E-state index contributed by atoms with van der Waals surface area (Å²) in [5.41, 5.74) is 1.16. The van der Waals surface area contributed by atoms with Crippen molar-refractivity contribution in [3.63, 3.8) is 0 Å². The Hall–Kier alpha value is -1.58. The first-order valence-electron chi connectivity index (χ1n) is 6.67. The number of carbonyl (C=O) groups is 1. The van der Waals surface area contributed by atoms with Gasteiger partial charge >= 0.3 is 6.03 Å². The van der Waals surface area contributed by atoms with E-state index in [-0.39, 0.29) is 6.03 Å². The lowest BCUT2D eigenvalue weighted by Crippen LogP contribution is -2.44. The molecule has 1 aromatic rings. The van der Waals surface area contributed by atoms with Crippen molar-refractivity contribution in [2.45, 2.75) is 26.2 Å². The number of hydrogen-bond acceptors (Lipinski definition) is 2. The average Bonchev–Trinajstić information content (AvgIpc) is 2.40. The third kappa shape index (κ3) is 3.72. The van der Waals surface area contributed by atoms with E-state index in [1.165, 1.54) is 0 Å². The van der Waals surface area contributed by atoms with Crippen LogP contribution in [0.1, 0.15) is 25.3 Å². The number of amides is 2. The van der Waals surface area contributed by atoms with E-state index in [4.69, 9.17) is 0 Å². The Morgan fingerprint density at radius 2 is 2.28 bits per heavy atom. The van der Waals surface area contributed by atoms with E-state index in [0.29, 0.717) is 6.54 Å². The van der Waals surface area contributed by atoms with Crippen molar-refractivity contribution in [3.8, 4) is 0 Å². The minimum absolute atomic E-state index is 0.0748. The number of likely N-dealkylation sites (tertiary alicyclic amines) is 1. The minimum Gasteiger partial charge on any atom is -0.338 e. The monoisotopic (exact) mass is 247 g/mol. The van der Waals surface area contributed by atoms with E-state index in [2.05, 4.69) is 17.2 Å². The summed E-state index contributed by atoms with van der Waals surface area (Å²) in [5, 5.41) is 2.97. The molecule has 1 N–H and O–H groups in total. The van der Waals surface area contributed by atoms with Gasteiger partial charge in [0.05, 0.1) is 0 Å². The molecule has 2 amide bonds. The summed E-state index contributed by atoms with van der Waals surface area (Å²) in [6.07, 6.45) is 6.68. The van der Waals surface area contributed by atoms with Gasteiger partial charge in [-0.3, -0.25) is 4.98 Å². The molecule has 0 spiro atoms. The van der Waals surface area contributed by atoms with Gasteiger partial charge in [0.15, 0.2) is 0 Å². The smallest absolute Gasteiger partial charge is 0.317 e. The van der Waals surface area contributed by atoms with Crippen molar-refractivity contribution < 1.29 is 4.79 Å². The zero-order valence-corrected chi connectivity index (χ0v) is 10.9. The van der Waals surface area contributed by atoms with Gasteiger partial charge in [0, 0.05) is 32.0 Å². The van der Waals surface area contributed by atoms with Gasteiger partial charge in [-0.05, 0) is 36.8 Å². The standard InChI is InChI=1S/C14H21N3O/c1-12-5-9-17(10-6-12)14(18)16-8-4-13-3-2-7-15-11-13/h2-3,7,11-12H,4-6,8-10H2,1H3,(H,16,18). The summed E-state index contributed by atoms with van der Waals surface area (Å²) in [6.45, 7) is 4.70. The molecule has 0 atom stereocenters. The minimum atomic E-state index is 0.0748. The Labute approximate surface area is 108 Å². The number of pyridine rings is 1. The molecule has 0 bridgehead atoms. The third-order valence-electron chi connectivity index (χ3n) is 3.48. The highest BCUT2D eigenvalue weighted by molar-refractivity contribution is 5.74. The van der Waals surface area contributed by atoms with Crippen LogP contribution in [0.25, 0.3) is 0 Å². The molecule has 0 aromatic carbocycles. The average molecular weight is 247 g/mol. The van der Waals surface area contributed by atoms with Gasteiger partial charge < -0.3 is 10.2 Å². The third-order valence-corrected chi connectivity index (χ3v) is 3.48. The van der Waals surface area contributed by atoms with E-state index < -0.39 is 0 Å². The topological polar surface area (TPSA) is 45.2 Å². The Balaban J connectivity index is 1.69. The molecule has 0 saturated carbocycles. The first kappa shape index (κ1) is 12.9. The number of urea groups is 1. The van der Waals surface area contributed by atoms with E-state index in [1.54, 1.807) is 6.20 Å². The van der Waals surface area contributed by atoms with Crippen LogP contribution in [0.2, 0.25) is 0 Å². The highest BCUT2D eigenvalue weighted by Gasteiger charge is 2.19. The number of rotatable bonds is 3. The molecule has 0 unspecified atom stereocenters. The first-order chi connectivity index (χ1) is 8.75. The zero-order valence-electron chi connectivity index (χ0n) is 10.9. The maximum atomic E-state index is 11.9. The SMILES string of the molecule is CC1CCN(C(=O)NCCc2cccnc2)CC1. The maximum Gasteiger partial charge on any atom is 0.317 e. The van der Waals surface area contributed by atoms with Crippen LogP contribution in [-0.4, -0.2) is 35.5 Å². The fourth-order valence-electron chi connectivity index (χ4n) is 2.18. The number of nitrogens with zero attached hydrogens (tertiary/aromatic N) is 2. The second-order valence-corrected chi connectivity index (χ2v) is 5.01. The van der Waals surface area contributed by atoms with Gasteiger partial charge in [-0.1, -0.05) is 13.0 Å². The highest BCUT2D eigenvalue weighted by Crippen LogP contribution is 2.15. The Morgan fingerprint density at radius 3 is 2.94 bits per heavy atom. The number of aromatic nitrogens is 1. The van der Waals surface area contributed by atoms with Crippen LogP contribution in [-0.2, 0) is 6.42 Å². The van der Waals surface area contributed by atoms with Crippen LogP contribution in [0.4, 0.5) is 4.79 Å². The van der Waals surface area contributed by atoms with Crippen molar-refractivity contribution in [2.75, 3.05) is 19.6 Å². The molecule has 0 radical (unpaired) electrons. The van der Waals surface area contributed by atoms with Crippen LogP contribution in [0.15, 0.2) is 24.5 Å². The van der Waals surface area contributed by atoms with Crippen LogP contribution in [0.5, 0.6) is 0 Å². The Bertz CT molecular complexity index is 372. The lowest BCUT2D eigenvalue weighted by molar-refractivity contribution is 0.174. The molecule has 18 heavy (non-hydrogen) atoms. The first-order valence-corrected chi connectivity index (χ1v) is 6.67. The van der Waals surface area contributed by atoms with Gasteiger partial charge in [-0.15, -0.1) is 0 Å². The zero-order chi connectivity index (χ0) is 12.8. The highest BCUT2D eigenvalue weighted by atomic mass is 16.2.